The van der Waals surface area contributed by atoms with Crippen LogP contribution in [0.3, 0.4) is 0 Å². The highest BCUT2D eigenvalue weighted by Crippen LogP contribution is 2.38. The predicted molar refractivity (Wildman–Crippen MR) is 56.1 cm³/mol. The summed E-state index contributed by atoms with van der Waals surface area (Å²) in [6, 6.07) is 1.32. The van der Waals surface area contributed by atoms with Crippen molar-refractivity contribution in [3.05, 3.63) is 29.6 Å². The monoisotopic (exact) mass is 245 g/mol. The maximum atomic E-state index is 13.5. The molecule has 0 amide bonds. The summed E-state index contributed by atoms with van der Waals surface area (Å²) in [5.74, 6) is -4.13. The predicted octanol–water partition coefficient (Wildman–Crippen LogP) is 1.43. The van der Waals surface area contributed by atoms with E-state index in [9.17, 15) is 13.2 Å². The van der Waals surface area contributed by atoms with Gasteiger partial charge < -0.3 is 16.2 Å². The molecule has 2 rings (SSSR count). The highest BCUT2D eigenvalue weighted by molar-refractivity contribution is 5.72. The van der Waals surface area contributed by atoms with Crippen molar-refractivity contribution >= 4 is 11.7 Å². The van der Waals surface area contributed by atoms with E-state index in [1.165, 1.54) is 6.07 Å². The van der Waals surface area contributed by atoms with E-state index >= 15 is 0 Å². The van der Waals surface area contributed by atoms with Crippen LogP contribution in [0.4, 0.5) is 18.9 Å². The number of ether oxygens (including phenoxy) is 1. The molecule has 1 aromatic rings. The van der Waals surface area contributed by atoms with E-state index in [-0.39, 0.29) is 17.3 Å². The number of halogens is 3. The van der Waals surface area contributed by atoms with Crippen molar-refractivity contribution < 1.29 is 17.9 Å². The Labute approximate surface area is 95.1 Å². The topological polar surface area (TPSA) is 73.6 Å². The third-order valence-corrected chi connectivity index (χ3v) is 2.38. The van der Waals surface area contributed by atoms with Crippen LogP contribution in [0.15, 0.2) is 23.2 Å². The molecule has 0 saturated carbocycles. The number of hydrogen-bond donors (Lipinski definition) is 2. The molecule has 0 radical (unpaired) electrons. The Morgan fingerprint density at radius 3 is 2.76 bits per heavy atom. The number of hydrogen-bond acceptors (Lipinski definition) is 4. The van der Waals surface area contributed by atoms with Crippen LogP contribution in [0.25, 0.3) is 0 Å². The lowest BCUT2D eigenvalue weighted by Gasteiger charge is -2.28. The average molecular weight is 245 g/mol. The van der Waals surface area contributed by atoms with E-state index in [4.69, 9.17) is 11.5 Å². The van der Waals surface area contributed by atoms with Gasteiger partial charge in [-0.15, -0.1) is 0 Å². The summed E-state index contributed by atoms with van der Waals surface area (Å²) in [7, 11) is 0. The summed E-state index contributed by atoms with van der Waals surface area (Å²) in [5.41, 5.74) is 10.5. The highest BCUT2D eigenvalue weighted by atomic mass is 19.3. The SMILES string of the molecule is NC1=NC(c2cc(N)ccc2F)C(F)(F)CO1. The molecule has 1 atom stereocenters. The molecular weight excluding hydrogens is 235 g/mol. The van der Waals surface area contributed by atoms with Gasteiger partial charge in [-0.25, -0.2) is 18.2 Å². The van der Waals surface area contributed by atoms with Gasteiger partial charge in [0.1, 0.15) is 5.82 Å². The Kier molecular flexibility index (Phi) is 2.60. The van der Waals surface area contributed by atoms with Gasteiger partial charge in [0, 0.05) is 11.3 Å². The van der Waals surface area contributed by atoms with Crippen molar-refractivity contribution in [2.45, 2.75) is 12.0 Å². The molecule has 4 N–H and O–H groups in total. The fourth-order valence-electron chi connectivity index (χ4n) is 1.58. The minimum Gasteiger partial charge on any atom is -0.459 e. The molecule has 92 valence electrons. The first kappa shape index (κ1) is 11.6. The van der Waals surface area contributed by atoms with E-state index in [0.29, 0.717) is 0 Å². The Balaban J connectivity index is 2.50. The molecule has 1 heterocycles. The molecule has 1 unspecified atom stereocenters. The minimum absolute atomic E-state index is 0.178. The largest absolute Gasteiger partial charge is 0.459 e. The third kappa shape index (κ3) is 2.13. The molecule has 0 bridgehead atoms. The standard InChI is InChI=1S/C10H10F3N3O/c11-7-2-1-5(14)3-6(7)8-10(12,13)4-17-9(15)16-8/h1-3,8H,4,14H2,(H2,15,16). The van der Waals surface area contributed by atoms with Crippen LogP contribution < -0.4 is 11.5 Å². The minimum atomic E-state index is -3.32. The van der Waals surface area contributed by atoms with Crippen molar-refractivity contribution in [3.8, 4) is 0 Å². The fraction of sp³-hybridized carbons (Fsp3) is 0.300. The van der Waals surface area contributed by atoms with Gasteiger partial charge in [-0.3, -0.25) is 0 Å². The maximum absolute atomic E-state index is 13.5. The smallest absolute Gasteiger partial charge is 0.307 e. The number of alkyl halides is 2. The molecule has 17 heavy (non-hydrogen) atoms. The number of aliphatic imine (C=N–C) groups is 1. The first-order valence-electron chi connectivity index (χ1n) is 4.79. The Bertz CT molecular complexity index is 476. The van der Waals surface area contributed by atoms with Crippen LogP contribution in [0.5, 0.6) is 0 Å². The van der Waals surface area contributed by atoms with Gasteiger partial charge in [0.05, 0.1) is 0 Å². The molecule has 0 aliphatic carbocycles. The van der Waals surface area contributed by atoms with Crippen molar-refractivity contribution in [1.82, 2.24) is 0 Å². The van der Waals surface area contributed by atoms with Crippen molar-refractivity contribution in [1.29, 1.82) is 0 Å². The second-order valence-corrected chi connectivity index (χ2v) is 3.70. The van der Waals surface area contributed by atoms with Crippen LogP contribution in [0.1, 0.15) is 11.6 Å². The first-order chi connectivity index (χ1) is 7.90. The molecule has 0 saturated heterocycles. The van der Waals surface area contributed by atoms with E-state index < -0.39 is 24.4 Å². The second-order valence-electron chi connectivity index (χ2n) is 3.70. The van der Waals surface area contributed by atoms with Crippen LogP contribution >= 0.6 is 0 Å². The van der Waals surface area contributed by atoms with Crippen molar-refractivity contribution in [2.24, 2.45) is 10.7 Å². The number of amidine groups is 1. The quantitative estimate of drug-likeness (QED) is 0.735. The molecule has 0 aromatic heterocycles. The third-order valence-electron chi connectivity index (χ3n) is 2.38. The van der Waals surface area contributed by atoms with Crippen molar-refractivity contribution in [3.63, 3.8) is 0 Å². The van der Waals surface area contributed by atoms with Gasteiger partial charge in [-0.1, -0.05) is 0 Å². The fourth-order valence-corrected chi connectivity index (χ4v) is 1.58. The summed E-state index contributed by atoms with van der Waals surface area (Å²) in [4.78, 5) is 3.43. The number of rotatable bonds is 1. The first-order valence-corrected chi connectivity index (χ1v) is 4.79. The summed E-state index contributed by atoms with van der Waals surface area (Å²) in [6.07, 6.45) is 0. The normalized spacial score (nSPS) is 22.8. The number of benzene rings is 1. The number of nitrogens with two attached hydrogens (primary N) is 2. The van der Waals surface area contributed by atoms with Crippen LogP contribution in [0.2, 0.25) is 0 Å². The lowest BCUT2D eigenvalue weighted by molar-refractivity contribution is -0.0788. The van der Waals surface area contributed by atoms with Crippen molar-refractivity contribution in [2.75, 3.05) is 12.3 Å². The van der Waals surface area contributed by atoms with E-state index in [1.54, 1.807) is 0 Å². The molecule has 7 heteroatoms. The maximum Gasteiger partial charge on any atom is 0.307 e. The molecule has 0 fully saturated rings. The molecule has 1 aliphatic rings. The van der Waals surface area contributed by atoms with Gasteiger partial charge in [0.15, 0.2) is 12.6 Å². The Morgan fingerprint density at radius 2 is 2.06 bits per heavy atom. The van der Waals surface area contributed by atoms with Gasteiger partial charge in [0.25, 0.3) is 6.02 Å². The zero-order chi connectivity index (χ0) is 12.6. The summed E-state index contributed by atoms with van der Waals surface area (Å²) in [6.45, 7) is -0.929. The molecule has 1 aliphatic heterocycles. The average Bonchev–Trinajstić information content (AvgIpc) is 2.26. The van der Waals surface area contributed by atoms with Crippen LogP contribution in [-0.2, 0) is 4.74 Å². The summed E-state index contributed by atoms with van der Waals surface area (Å²) < 4.78 is 45.0. The molecule has 1 aromatic carbocycles. The van der Waals surface area contributed by atoms with Gasteiger partial charge in [-0.2, -0.15) is 0 Å². The molecule has 0 spiro atoms. The Hall–Kier alpha value is -1.92. The summed E-state index contributed by atoms with van der Waals surface area (Å²) in [5, 5.41) is 0. The zero-order valence-corrected chi connectivity index (χ0v) is 8.66. The Morgan fingerprint density at radius 1 is 1.35 bits per heavy atom. The van der Waals surface area contributed by atoms with Gasteiger partial charge in [-0.05, 0) is 18.2 Å². The number of anilines is 1. The van der Waals surface area contributed by atoms with E-state index in [2.05, 4.69) is 9.73 Å². The summed E-state index contributed by atoms with van der Waals surface area (Å²) >= 11 is 0. The van der Waals surface area contributed by atoms with Gasteiger partial charge in [0.2, 0.25) is 0 Å². The molecular formula is C10H10F3N3O. The second kappa shape index (κ2) is 3.83. The van der Waals surface area contributed by atoms with Gasteiger partial charge >= 0.3 is 5.92 Å². The lowest BCUT2D eigenvalue weighted by atomic mass is 9.99. The van der Waals surface area contributed by atoms with E-state index in [0.717, 1.165) is 12.1 Å². The number of nitrogen functional groups attached to an aromatic ring is 1. The zero-order valence-electron chi connectivity index (χ0n) is 8.66. The highest BCUT2D eigenvalue weighted by Gasteiger charge is 2.46. The van der Waals surface area contributed by atoms with Crippen LogP contribution in [-0.4, -0.2) is 18.6 Å². The van der Waals surface area contributed by atoms with Crippen LogP contribution in [0, 0.1) is 5.82 Å². The lowest BCUT2D eigenvalue weighted by Crippen LogP contribution is -2.39. The number of nitrogens with zero attached hydrogens (tertiary/aromatic N) is 1. The van der Waals surface area contributed by atoms with E-state index in [1.807, 2.05) is 0 Å². The molecule has 4 nitrogen and oxygen atoms in total.